The number of ether oxygens (including phenoxy) is 1. The van der Waals surface area contributed by atoms with Gasteiger partial charge in [-0.15, -0.1) is 0 Å². The van der Waals surface area contributed by atoms with Gasteiger partial charge in [-0.1, -0.05) is 36.0 Å². The molecule has 0 bridgehead atoms. The fourth-order valence-electron chi connectivity index (χ4n) is 3.09. The molecule has 156 valence electrons. The van der Waals surface area contributed by atoms with Crippen LogP contribution in [0.3, 0.4) is 0 Å². The zero-order chi connectivity index (χ0) is 22.0. The number of hydrogen-bond acceptors (Lipinski definition) is 5. The number of thioether (sulfide) groups is 1. The van der Waals surface area contributed by atoms with Crippen LogP contribution in [0.25, 0.3) is 16.6 Å². The first-order valence-corrected chi connectivity index (χ1v) is 10.2. The molecule has 0 fully saturated rings. The maximum atomic E-state index is 14.5. The summed E-state index contributed by atoms with van der Waals surface area (Å²) in [6.07, 6.45) is 0. The fraction of sp³-hybridized carbons (Fsp3) is 0.0870. The standard InChI is InChI=1S/C23H16F2N2O3S/c1-30-16-6-4-5-14(11-16)21(28)13-31-23-26-19-8-3-2-7-17(19)22(29)27(23)20-10-9-15(24)12-18(20)25/h2-12H,13H2,1H3. The van der Waals surface area contributed by atoms with Gasteiger partial charge in [-0.3, -0.25) is 14.2 Å². The van der Waals surface area contributed by atoms with Crippen LogP contribution >= 0.6 is 11.8 Å². The predicted molar refractivity (Wildman–Crippen MR) is 115 cm³/mol. The number of ketones is 1. The van der Waals surface area contributed by atoms with Crippen LogP contribution in [0.5, 0.6) is 5.75 Å². The molecule has 0 N–H and O–H groups in total. The molecule has 5 nitrogen and oxygen atoms in total. The van der Waals surface area contributed by atoms with Crippen LogP contribution < -0.4 is 10.3 Å². The monoisotopic (exact) mass is 438 g/mol. The van der Waals surface area contributed by atoms with Crippen LogP contribution in [-0.4, -0.2) is 28.2 Å². The van der Waals surface area contributed by atoms with Crippen molar-refractivity contribution in [2.24, 2.45) is 0 Å². The Labute approximate surface area is 180 Å². The molecular formula is C23H16F2N2O3S. The Morgan fingerprint density at radius 2 is 1.87 bits per heavy atom. The molecule has 0 saturated carbocycles. The number of carbonyl (C=O) groups is 1. The van der Waals surface area contributed by atoms with Crippen molar-refractivity contribution in [3.8, 4) is 11.4 Å². The summed E-state index contributed by atoms with van der Waals surface area (Å²) >= 11 is 1.00. The van der Waals surface area contributed by atoms with Crippen molar-refractivity contribution in [1.82, 2.24) is 9.55 Å². The number of hydrogen-bond donors (Lipinski definition) is 0. The molecule has 0 saturated heterocycles. The van der Waals surface area contributed by atoms with Crippen LogP contribution in [0.1, 0.15) is 10.4 Å². The lowest BCUT2D eigenvalue weighted by Gasteiger charge is -2.14. The average molecular weight is 438 g/mol. The number of aromatic nitrogens is 2. The molecular weight excluding hydrogens is 422 g/mol. The summed E-state index contributed by atoms with van der Waals surface area (Å²) in [6.45, 7) is 0. The summed E-state index contributed by atoms with van der Waals surface area (Å²) in [7, 11) is 1.51. The van der Waals surface area contributed by atoms with E-state index in [2.05, 4.69) is 4.98 Å². The SMILES string of the molecule is COc1cccc(C(=O)CSc2nc3ccccc3c(=O)n2-c2ccc(F)cc2F)c1. The van der Waals surface area contributed by atoms with Crippen LogP contribution in [-0.2, 0) is 0 Å². The smallest absolute Gasteiger partial charge is 0.266 e. The molecule has 0 radical (unpaired) electrons. The molecule has 0 atom stereocenters. The van der Waals surface area contributed by atoms with E-state index in [0.29, 0.717) is 22.9 Å². The molecule has 0 unspecified atom stereocenters. The van der Waals surface area contributed by atoms with Crippen molar-refractivity contribution in [3.63, 3.8) is 0 Å². The quantitative estimate of drug-likeness (QED) is 0.249. The van der Waals surface area contributed by atoms with Gasteiger partial charge < -0.3 is 4.74 Å². The fourth-order valence-corrected chi connectivity index (χ4v) is 3.99. The van der Waals surface area contributed by atoms with E-state index in [1.54, 1.807) is 48.5 Å². The van der Waals surface area contributed by atoms with E-state index in [9.17, 15) is 18.4 Å². The largest absolute Gasteiger partial charge is 0.497 e. The molecule has 31 heavy (non-hydrogen) atoms. The van der Waals surface area contributed by atoms with E-state index in [1.807, 2.05) is 0 Å². The van der Waals surface area contributed by atoms with Gasteiger partial charge in [-0.2, -0.15) is 0 Å². The van der Waals surface area contributed by atoms with E-state index < -0.39 is 17.2 Å². The van der Waals surface area contributed by atoms with Crippen molar-refractivity contribution in [2.75, 3.05) is 12.9 Å². The van der Waals surface area contributed by atoms with E-state index in [1.165, 1.54) is 13.2 Å². The van der Waals surface area contributed by atoms with E-state index in [4.69, 9.17) is 4.74 Å². The predicted octanol–water partition coefficient (Wildman–Crippen LogP) is 4.65. The number of halogens is 2. The summed E-state index contributed by atoms with van der Waals surface area (Å²) in [5.74, 6) is -1.37. The normalized spacial score (nSPS) is 10.9. The van der Waals surface area contributed by atoms with Gasteiger partial charge in [0.05, 0.1) is 29.5 Å². The van der Waals surface area contributed by atoms with Gasteiger partial charge in [0.1, 0.15) is 17.4 Å². The highest BCUT2D eigenvalue weighted by molar-refractivity contribution is 7.99. The van der Waals surface area contributed by atoms with E-state index in [-0.39, 0.29) is 27.8 Å². The lowest BCUT2D eigenvalue weighted by molar-refractivity contribution is 0.102. The van der Waals surface area contributed by atoms with Crippen molar-refractivity contribution < 1.29 is 18.3 Å². The van der Waals surface area contributed by atoms with Crippen LogP contribution in [0.15, 0.2) is 76.7 Å². The molecule has 4 aromatic rings. The minimum atomic E-state index is -0.903. The highest BCUT2D eigenvalue weighted by atomic mass is 32.2. The summed E-state index contributed by atoms with van der Waals surface area (Å²) in [5, 5.41) is 0.417. The Bertz CT molecular complexity index is 1350. The van der Waals surface area contributed by atoms with Gasteiger partial charge in [0.2, 0.25) is 0 Å². The second-order valence-corrected chi connectivity index (χ2v) is 7.53. The van der Waals surface area contributed by atoms with Crippen LogP contribution in [0, 0.1) is 11.6 Å². The minimum Gasteiger partial charge on any atom is -0.497 e. The first-order chi connectivity index (χ1) is 15.0. The molecule has 0 aliphatic carbocycles. The van der Waals surface area contributed by atoms with E-state index in [0.717, 1.165) is 22.4 Å². The third-order valence-corrected chi connectivity index (χ3v) is 5.56. The summed E-state index contributed by atoms with van der Waals surface area (Å²) in [4.78, 5) is 30.3. The Balaban J connectivity index is 1.77. The van der Waals surface area contributed by atoms with Crippen LogP contribution in [0.2, 0.25) is 0 Å². The second-order valence-electron chi connectivity index (χ2n) is 6.59. The highest BCUT2D eigenvalue weighted by Gasteiger charge is 2.18. The number of methoxy groups -OCH3 is 1. The molecule has 1 heterocycles. The van der Waals surface area contributed by atoms with Crippen molar-refractivity contribution in [2.45, 2.75) is 5.16 Å². The number of fused-ring (bicyclic) bond motifs is 1. The lowest BCUT2D eigenvalue weighted by Crippen LogP contribution is -2.23. The van der Waals surface area contributed by atoms with Gasteiger partial charge in [-0.05, 0) is 36.4 Å². The number of para-hydroxylation sites is 1. The second kappa shape index (κ2) is 8.69. The first-order valence-electron chi connectivity index (χ1n) is 9.25. The highest BCUT2D eigenvalue weighted by Crippen LogP contribution is 2.24. The number of carbonyl (C=O) groups excluding carboxylic acids is 1. The van der Waals surface area contributed by atoms with Gasteiger partial charge in [0.25, 0.3) is 5.56 Å². The Hall–Kier alpha value is -3.52. The van der Waals surface area contributed by atoms with Crippen molar-refractivity contribution in [3.05, 3.63) is 94.3 Å². The number of rotatable bonds is 6. The molecule has 3 aromatic carbocycles. The zero-order valence-corrected chi connectivity index (χ0v) is 17.2. The molecule has 0 spiro atoms. The molecule has 4 rings (SSSR count). The van der Waals surface area contributed by atoms with Crippen molar-refractivity contribution in [1.29, 1.82) is 0 Å². The Morgan fingerprint density at radius 3 is 2.65 bits per heavy atom. The molecule has 1 aromatic heterocycles. The molecule has 0 aliphatic heterocycles. The van der Waals surface area contributed by atoms with Crippen molar-refractivity contribution >= 4 is 28.4 Å². The third-order valence-electron chi connectivity index (χ3n) is 4.62. The molecule has 8 heteroatoms. The summed E-state index contributed by atoms with van der Waals surface area (Å²) in [6, 6.07) is 16.3. The summed E-state index contributed by atoms with van der Waals surface area (Å²) in [5.41, 5.74) is 0.213. The van der Waals surface area contributed by atoms with Gasteiger partial charge in [0.15, 0.2) is 10.9 Å². The minimum absolute atomic E-state index is 0.0409. The Morgan fingerprint density at radius 1 is 1.06 bits per heavy atom. The molecule has 0 aliphatic rings. The lowest BCUT2D eigenvalue weighted by atomic mass is 10.1. The van der Waals surface area contributed by atoms with Gasteiger partial charge in [0, 0.05) is 11.6 Å². The van der Waals surface area contributed by atoms with Crippen LogP contribution in [0.4, 0.5) is 8.78 Å². The van der Waals surface area contributed by atoms with Gasteiger partial charge >= 0.3 is 0 Å². The number of nitrogens with zero attached hydrogens (tertiary/aromatic N) is 2. The number of benzene rings is 3. The topological polar surface area (TPSA) is 61.2 Å². The average Bonchev–Trinajstić information content (AvgIpc) is 2.78. The first kappa shape index (κ1) is 20.7. The zero-order valence-electron chi connectivity index (χ0n) is 16.3. The van der Waals surface area contributed by atoms with E-state index >= 15 is 0 Å². The third kappa shape index (κ3) is 4.20. The maximum Gasteiger partial charge on any atom is 0.266 e. The van der Waals surface area contributed by atoms with Gasteiger partial charge in [-0.25, -0.2) is 13.8 Å². The maximum absolute atomic E-state index is 14.5. The molecule has 0 amide bonds. The Kier molecular flexibility index (Phi) is 5.81. The number of Topliss-reactive ketones (excluding diaryl/α,β-unsaturated/α-hetero) is 1. The summed E-state index contributed by atoms with van der Waals surface area (Å²) < 4.78 is 34.2.